The molecule has 0 unspecified atom stereocenters. The van der Waals surface area contributed by atoms with Gasteiger partial charge in [0.05, 0.1) is 7.11 Å². The van der Waals surface area contributed by atoms with Gasteiger partial charge in [-0.1, -0.05) is 42.5 Å². The van der Waals surface area contributed by atoms with Crippen LogP contribution in [0, 0.1) is 5.92 Å². The van der Waals surface area contributed by atoms with Crippen LogP contribution in [0.1, 0.15) is 11.1 Å². The zero-order chi connectivity index (χ0) is 30.6. The highest BCUT2D eigenvalue weighted by atomic mass is 16.5. The van der Waals surface area contributed by atoms with Crippen LogP contribution in [0.4, 0.5) is 16.2 Å². The molecule has 1 aromatic heterocycles. The van der Waals surface area contributed by atoms with Crippen molar-refractivity contribution >= 4 is 34.2 Å². The van der Waals surface area contributed by atoms with Crippen LogP contribution >= 0.6 is 0 Å². The maximum Gasteiger partial charge on any atom is 0.318 e. The smallest absolute Gasteiger partial charge is 0.318 e. The van der Waals surface area contributed by atoms with Gasteiger partial charge in [0.1, 0.15) is 11.8 Å². The minimum absolute atomic E-state index is 0.0745. The Labute approximate surface area is 259 Å². The Bertz CT molecular complexity index is 1610. The van der Waals surface area contributed by atoms with E-state index in [1.807, 2.05) is 70.6 Å². The zero-order valence-corrected chi connectivity index (χ0v) is 25.8. The number of benzene rings is 3. The first-order valence-corrected chi connectivity index (χ1v) is 15.4. The fourth-order valence-electron chi connectivity index (χ4n) is 6.65. The molecule has 2 atom stereocenters. The molecule has 0 saturated carbocycles. The molecule has 9 nitrogen and oxygen atoms in total. The number of hydrogen-bond acceptors (Lipinski definition) is 5. The van der Waals surface area contributed by atoms with Gasteiger partial charge < -0.3 is 34.6 Å². The number of fused-ring (bicyclic) bond motifs is 2. The summed E-state index contributed by atoms with van der Waals surface area (Å²) < 4.78 is 5.40. The summed E-state index contributed by atoms with van der Waals surface area (Å²) in [5.74, 6) is 1.04. The van der Waals surface area contributed by atoms with Gasteiger partial charge in [0.15, 0.2) is 0 Å². The molecule has 4 aromatic rings. The second-order valence-electron chi connectivity index (χ2n) is 12.2. The summed E-state index contributed by atoms with van der Waals surface area (Å²) in [7, 11) is 5.81. The molecule has 6 rings (SSSR count). The molecule has 3 heterocycles. The van der Waals surface area contributed by atoms with Crippen LogP contribution < -0.4 is 19.9 Å². The molecular formula is C35H42N6O3. The van der Waals surface area contributed by atoms with Crippen molar-refractivity contribution < 1.29 is 14.3 Å². The highest BCUT2D eigenvalue weighted by Crippen LogP contribution is 2.31. The van der Waals surface area contributed by atoms with Crippen molar-refractivity contribution in [3.05, 3.63) is 90.1 Å². The SMILES string of the molecule is COc1cccc(N2CCN(C(=O)N[C@H](Cc3c[nH]c4ccccc34)C(=O)N3C[C@@H](CN(C)C)Cc4ccccc43)CC2)c1. The van der Waals surface area contributed by atoms with E-state index in [1.165, 1.54) is 5.56 Å². The third kappa shape index (κ3) is 6.38. The van der Waals surface area contributed by atoms with Gasteiger partial charge in [-0.05, 0) is 61.8 Å². The lowest BCUT2D eigenvalue weighted by Gasteiger charge is -2.39. The summed E-state index contributed by atoms with van der Waals surface area (Å²) in [5, 5.41) is 4.24. The summed E-state index contributed by atoms with van der Waals surface area (Å²) in [4.78, 5) is 39.8. The van der Waals surface area contributed by atoms with Crippen molar-refractivity contribution in [3.8, 4) is 5.75 Å². The molecule has 0 radical (unpaired) electrons. The largest absolute Gasteiger partial charge is 0.497 e. The Morgan fingerprint density at radius 3 is 2.57 bits per heavy atom. The number of nitrogens with zero attached hydrogens (tertiary/aromatic N) is 4. The molecule has 2 N–H and O–H groups in total. The normalized spacial score (nSPS) is 17.5. The number of carbonyl (C=O) groups excluding carboxylic acids is 2. The maximum atomic E-state index is 14.5. The first-order valence-electron chi connectivity index (χ1n) is 15.4. The molecule has 1 fully saturated rings. The average Bonchev–Trinajstić information content (AvgIpc) is 3.46. The van der Waals surface area contributed by atoms with Crippen LogP contribution in [-0.2, 0) is 17.6 Å². The van der Waals surface area contributed by atoms with E-state index in [0.29, 0.717) is 45.1 Å². The topological polar surface area (TPSA) is 84.1 Å². The van der Waals surface area contributed by atoms with Crippen molar-refractivity contribution in [1.29, 1.82) is 0 Å². The van der Waals surface area contributed by atoms with Gasteiger partial charge in [0.25, 0.3) is 0 Å². The summed E-state index contributed by atoms with van der Waals surface area (Å²) in [6.45, 7) is 4.03. The van der Waals surface area contributed by atoms with Gasteiger partial charge in [0, 0.05) is 80.2 Å². The number of piperazine rings is 1. The number of anilines is 2. The highest BCUT2D eigenvalue weighted by molar-refractivity contribution is 6.00. The number of aromatic amines is 1. The van der Waals surface area contributed by atoms with Gasteiger partial charge in [-0.25, -0.2) is 4.79 Å². The molecule has 3 amide bonds. The summed E-state index contributed by atoms with van der Waals surface area (Å²) in [5.41, 5.74) is 5.22. The number of amides is 3. The first kappa shape index (κ1) is 29.6. The van der Waals surface area contributed by atoms with Crippen LogP contribution in [0.2, 0.25) is 0 Å². The third-order valence-electron chi connectivity index (χ3n) is 8.80. The Balaban J connectivity index is 1.23. The van der Waals surface area contributed by atoms with Crippen molar-refractivity contribution in [2.75, 3.05) is 70.3 Å². The molecule has 0 aliphatic carbocycles. The van der Waals surface area contributed by atoms with E-state index in [-0.39, 0.29) is 11.9 Å². The summed E-state index contributed by atoms with van der Waals surface area (Å²) in [6.07, 6.45) is 3.29. The molecule has 1 saturated heterocycles. The second kappa shape index (κ2) is 13.0. The van der Waals surface area contributed by atoms with E-state index in [0.717, 1.165) is 46.6 Å². The molecule has 44 heavy (non-hydrogen) atoms. The van der Waals surface area contributed by atoms with Gasteiger partial charge in [-0.2, -0.15) is 0 Å². The van der Waals surface area contributed by atoms with Crippen LogP contribution in [0.15, 0.2) is 79.0 Å². The van der Waals surface area contributed by atoms with E-state index >= 15 is 0 Å². The number of aromatic nitrogens is 1. The Morgan fingerprint density at radius 2 is 1.77 bits per heavy atom. The summed E-state index contributed by atoms with van der Waals surface area (Å²) >= 11 is 0. The Morgan fingerprint density at radius 1 is 1.00 bits per heavy atom. The van der Waals surface area contributed by atoms with Crippen LogP contribution in [0.3, 0.4) is 0 Å². The van der Waals surface area contributed by atoms with E-state index < -0.39 is 6.04 Å². The van der Waals surface area contributed by atoms with Crippen LogP contribution in [-0.4, -0.2) is 93.2 Å². The number of methoxy groups -OCH3 is 1. The fourth-order valence-corrected chi connectivity index (χ4v) is 6.65. The number of urea groups is 1. The molecule has 0 bridgehead atoms. The maximum absolute atomic E-state index is 14.5. The number of hydrogen-bond donors (Lipinski definition) is 2. The molecule has 230 valence electrons. The standard InChI is InChI=1S/C35H42N6O3/c1-38(2)23-25-19-26-9-4-7-14-33(26)41(24-25)34(42)32(20-27-22-36-31-13-6-5-12-30(27)31)37-35(43)40-17-15-39(16-18-40)28-10-8-11-29(21-28)44-3/h4-14,21-22,25,32,36H,15-20,23-24H2,1-3H3,(H,37,43)/t25-,32-/m1/s1. The van der Waals surface area contributed by atoms with Crippen molar-refractivity contribution in [2.24, 2.45) is 5.92 Å². The summed E-state index contributed by atoms with van der Waals surface area (Å²) in [6, 6.07) is 23.3. The predicted molar refractivity (Wildman–Crippen MR) is 176 cm³/mol. The van der Waals surface area contributed by atoms with Crippen molar-refractivity contribution in [1.82, 2.24) is 20.1 Å². The van der Waals surface area contributed by atoms with Gasteiger partial charge in [-0.3, -0.25) is 4.79 Å². The first-order chi connectivity index (χ1) is 21.4. The lowest BCUT2D eigenvalue weighted by atomic mass is 9.91. The van der Waals surface area contributed by atoms with Crippen molar-refractivity contribution in [2.45, 2.75) is 18.9 Å². The van der Waals surface area contributed by atoms with E-state index in [1.54, 1.807) is 7.11 Å². The van der Waals surface area contributed by atoms with Crippen molar-refractivity contribution in [3.63, 3.8) is 0 Å². The Kier molecular flexibility index (Phi) is 8.74. The minimum Gasteiger partial charge on any atom is -0.497 e. The third-order valence-corrected chi connectivity index (χ3v) is 8.80. The van der Waals surface area contributed by atoms with E-state index in [2.05, 4.69) is 52.4 Å². The second-order valence-corrected chi connectivity index (χ2v) is 12.2. The fraction of sp³-hybridized carbons (Fsp3) is 0.371. The monoisotopic (exact) mass is 594 g/mol. The van der Waals surface area contributed by atoms with E-state index in [4.69, 9.17) is 4.74 Å². The molecule has 9 heteroatoms. The molecule has 0 spiro atoms. The number of rotatable bonds is 8. The Hall–Kier alpha value is -4.50. The zero-order valence-electron chi connectivity index (χ0n) is 25.8. The van der Waals surface area contributed by atoms with Gasteiger partial charge >= 0.3 is 6.03 Å². The van der Waals surface area contributed by atoms with Gasteiger partial charge in [-0.15, -0.1) is 0 Å². The molecule has 2 aliphatic rings. The lowest BCUT2D eigenvalue weighted by Crippen LogP contribution is -2.58. The van der Waals surface area contributed by atoms with Gasteiger partial charge in [0.2, 0.25) is 5.91 Å². The number of nitrogens with one attached hydrogen (secondary N) is 2. The van der Waals surface area contributed by atoms with Crippen LogP contribution in [0.5, 0.6) is 5.75 Å². The molecule has 2 aliphatic heterocycles. The number of para-hydroxylation sites is 2. The number of H-pyrrole nitrogens is 1. The van der Waals surface area contributed by atoms with E-state index in [9.17, 15) is 9.59 Å². The van der Waals surface area contributed by atoms with Crippen LogP contribution in [0.25, 0.3) is 10.9 Å². The number of ether oxygens (including phenoxy) is 1. The molecular weight excluding hydrogens is 552 g/mol. The number of carbonyl (C=O) groups is 2. The minimum atomic E-state index is -0.718. The predicted octanol–water partition coefficient (Wildman–Crippen LogP) is 4.39. The lowest BCUT2D eigenvalue weighted by molar-refractivity contribution is -0.120. The average molecular weight is 595 g/mol. The molecule has 3 aromatic carbocycles. The quantitative estimate of drug-likeness (QED) is 0.316. The highest BCUT2D eigenvalue weighted by Gasteiger charge is 2.35.